The van der Waals surface area contributed by atoms with Crippen LogP contribution < -0.4 is 21.3 Å². The van der Waals surface area contributed by atoms with Gasteiger partial charge in [0.2, 0.25) is 0 Å². The second kappa shape index (κ2) is 35.8. The Balaban J connectivity index is 0. The third-order valence-corrected chi connectivity index (χ3v) is 11.5. The summed E-state index contributed by atoms with van der Waals surface area (Å²) in [6.07, 6.45) is 4.60. The van der Waals surface area contributed by atoms with E-state index in [0.717, 1.165) is 117 Å². The average molecular weight is 1270 g/mol. The lowest BCUT2D eigenvalue weighted by atomic mass is 9.84. The SMILES string of the molecule is Br.Br.Br.Br.Br.Br.Cc1ccc(C(c2ccc(CN3CCCNCc4cccc(c4)CNCCC3)cc2)c2ccc(CN3CCCNCc4cccc(c4)CNCCC3)cc2)cc1.O.O. The fourth-order valence-corrected chi connectivity index (χ4v) is 8.36. The highest BCUT2D eigenvalue weighted by atomic mass is 79.9. The molecule has 0 unspecified atom stereocenters. The number of hydrogen-bond acceptors (Lipinski definition) is 6. The zero-order chi connectivity index (χ0) is 38.2. The number of fused-ring (bicyclic) bond motifs is 4. The number of rotatable bonds is 7. The van der Waals surface area contributed by atoms with Crippen LogP contribution >= 0.6 is 102 Å². The van der Waals surface area contributed by atoms with Gasteiger partial charge in [-0.15, -0.1) is 102 Å². The van der Waals surface area contributed by atoms with Crippen LogP contribution in [0.3, 0.4) is 0 Å². The van der Waals surface area contributed by atoms with Crippen LogP contribution in [0.5, 0.6) is 0 Å². The molecule has 14 heteroatoms. The molecule has 0 aliphatic carbocycles. The van der Waals surface area contributed by atoms with E-state index in [2.05, 4.69) is 159 Å². The summed E-state index contributed by atoms with van der Waals surface area (Å²) < 4.78 is 0. The van der Waals surface area contributed by atoms with Gasteiger partial charge in [0.15, 0.2) is 0 Å². The molecule has 2 heterocycles. The second-order valence-corrected chi connectivity index (χ2v) is 16.1. The zero-order valence-corrected chi connectivity index (χ0v) is 47.5. The van der Waals surface area contributed by atoms with Gasteiger partial charge >= 0.3 is 0 Å². The Morgan fingerprint density at radius 2 is 0.688 bits per heavy atom. The fraction of sp³-hybridized carbons (Fsp3) is 0.400. The molecule has 5 aromatic rings. The van der Waals surface area contributed by atoms with Crippen molar-refractivity contribution in [2.75, 3.05) is 52.4 Å². The smallest absolute Gasteiger partial charge is 0.0339 e. The predicted octanol–water partition coefficient (Wildman–Crippen LogP) is 9.94. The van der Waals surface area contributed by atoms with Crippen LogP contribution in [0, 0.1) is 6.92 Å². The minimum absolute atomic E-state index is 0. The van der Waals surface area contributed by atoms with E-state index in [1.54, 1.807) is 0 Å². The lowest BCUT2D eigenvalue weighted by Gasteiger charge is -2.25. The minimum atomic E-state index is 0. The molecule has 0 atom stereocenters. The summed E-state index contributed by atoms with van der Waals surface area (Å²) in [5, 5.41) is 14.7. The van der Waals surface area contributed by atoms with E-state index in [0.29, 0.717) is 0 Å². The van der Waals surface area contributed by atoms with Crippen molar-refractivity contribution in [3.63, 3.8) is 0 Å². The van der Waals surface area contributed by atoms with E-state index in [9.17, 15) is 0 Å². The van der Waals surface area contributed by atoms with E-state index in [1.807, 2.05) is 0 Å². The second-order valence-electron chi connectivity index (χ2n) is 16.1. The maximum Gasteiger partial charge on any atom is 0.0339 e. The summed E-state index contributed by atoms with van der Waals surface area (Å²) in [6, 6.07) is 46.1. The van der Waals surface area contributed by atoms with Crippen molar-refractivity contribution in [2.45, 2.75) is 77.8 Å². The number of benzene rings is 5. The van der Waals surface area contributed by atoms with Crippen molar-refractivity contribution >= 4 is 102 Å². The van der Waals surface area contributed by atoms with Crippen LogP contribution in [-0.4, -0.2) is 73.1 Å². The maximum atomic E-state index is 3.67. The van der Waals surface area contributed by atoms with Crippen molar-refractivity contribution in [1.82, 2.24) is 31.1 Å². The van der Waals surface area contributed by atoms with E-state index in [1.165, 1.54) is 55.6 Å². The van der Waals surface area contributed by atoms with Gasteiger partial charge in [0, 0.05) is 45.2 Å². The number of hydrogen-bond donors (Lipinski definition) is 4. The molecule has 0 saturated carbocycles. The van der Waals surface area contributed by atoms with E-state index in [-0.39, 0.29) is 119 Å². The van der Waals surface area contributed by atoms with Gasteiger partial charge in [-0.1, -0.05) is 127 Å². The summed E-state index contributed by atoms with van der Waals surface area (Å²) in [5.41, 5.74) is 13.6. The van der Waals surface area contributed by atoms with Crippen molar-refractivity contribution in [2.24, 2.45) is 0 Å². The average Bonchev–Trinajstić information content (AvgIpc) is 3.22. The Morgan fingerprint density at radius 3 is 0.984 bits per heavy atom. The maximum absolute atomic E-state index is 3.67. The van der Waals surface area contributed by atoms with Crippen LogP contribution in [0.1, 0.15) is 87.2 Å². The monoisotopic (exact) mass is 1260 g/mol. The van der Waals surface area contributed by atoms with Gasteiger partial charge in [-0.3, -0.25) is 9.80 Å². The van der Waals surface area contributed by atoms with Gasteiger partial charge in [-0.2, -0.15) is 0 Å². The number of nitrogens with zero attached hydrogens (tertiary/aromatic N) is 2. The molecule has 0 radical (unpaired) electrons. The normalized spacial score (nSPS) is 15.3. The molecular formula is C50H74Br6N6O2. The molecule has 0 spiro atoms. The zero-order valence-electron chi connectivity index (χ0n) is 37.2. The first-order valence-corrected chi connectivity index (χ1v) is 21.3. The van der Waals surface area contributed by atoms with E-state index >= 15 is 0 Å². The summed E-state index contributed by atoms with van der Waals surface area (Å²) in [5.74, 6) is 0.191. The molecule has 0 amide bonds. The van der Waals surface area contributed by atoms with Gasteiger partial charge < -0.3 is 32.2 Å². The van der Waals surface area contributed by atoms with Crippen LogP contribution in [0.2, 0.25) is 0 Å². The van der Waals surface area contributed by atoms with Crippen LogP contribution in [-0.2, 0) is 39.3 Å². The molecular weight excluding hydrogens is 1200 g/mol. The summed E-state index contributed by atoms with van der Waals surface area (Å²) in [6.45, 7) is 16.5. The number of halogens is 6. The summed E-state index contributed by atoms with van der Waals surface area (Å²) in [4.78, 5) is 5.29. The van der Waals surface area contributed by atoms with Crippen LogP contribution in [0.15, 0.2) is 121 Å². The predicted molar refractivity (Wildman–Crippen MR) is 303 cm³/mol. The summed E-state index contributed by atoms with van der Waals surface area (Å²) in [7, 11) is 0. The standard InChI is InChI=1S/C50H64N6.6BrH.2H2O/c1-40-12-18-47(19-13-40)50(48-20-14-41(15-21-48)38-55-28-4-24-51-34-43-8-2-9-44(32-43)35-52-25-5-29-55)49-22-16-42(17-23-49)39-56-30-6-26-53-36-45-10-3-11-46(33-45)37-54-27-7-31-56;;;;;;;;/h2-3,8-23,32-33,50-54H,4-7,24-31,34-39H2,1H3;6*1H;2*1H2. The molecule has 8 nitrogen and oxygen atoms in total. The summed E-state index contributed by atoms with van der Waals surface area (Å²) >= 11 is 0. The molecule has 8 N–H and O–H groups in total. The Kier molecular flexibility index (Phi) is 36.2. The molecule has 5 aromatic carbocycles. The molecule has 0 fully saturated rings. The molecule has 2 aliphatic rings. The Labute approximate surface area is 447 Å². The van der Waals surface area contributed by atoms with Crippen LogP contribution in [0.25, 0.3) is 0 Å². The lowest BCUT2D eigenvalue weighted by Crippen LogP contribution is -2.30. The highest BCUT2D eigenvalue weighted by molar-refractivity contribution is 8.93. The van der Waals surface area contributed by atoms with Crippen molar-refractivity contribution in [3.05, 3.63) is 177 Å². The third-order valence-electron chi connectivity index (χ3n) is 11.5. The van der Waals surface area contributed by atoms with E-state index < -0.39 is 0 Å². The molecule has 0 aromatic heterocycles. The topological polar surface area (TPSA) is 118 Å². The van der Waals surface area contributed by atoms with E-state index in [4.69, 9.17) is 0 Å². The van der Waals surface area contributed by atoms with Gasteiger partial charge in [0.1, 0.15) is 0 Å². The first-order valence-electron chi connectivity index (χ1n) is 21.3. The number of nitrogens with one attached hydrogen (secondary N) is 4. The fourth-order valence-electron chi connectivity index (χ4n) is 8.36. The molecule has 7 rings (SSSR count). The molecule has 64 heavy (non-hydrogen) atoms. The quantitative estimate of drug-likeness (QED) is 0.121. The molecule has 4 bridgehead atoms. The van der Waals surface area contributed by atoms with Crippen molar-refractivity contribution < 1.29 is 11.0 Å². The van der Waals surface area contributed by atoms with Gasteiger partial charge in [0.25, 0.3) is 0 Å². The van der Waals surface area contributed by atoms with Gasteiger partial charge in [-0.25, -0.2) is 0 Å². The van der Waals surface area contributed by atoms with Crippen molar-refractivity contribution in [3.8, 4) is 0 Å². The Hall–Kier alpha value is -1.34. The lowest BCUT2D eigenvalue weighted by molar-refractivity contribution is 0.256. The number of aryl methyl sites for hydroxylation is 1. The highest BCUT2D eigenvalue weighted by Crippen LogP contribution is 2.33. The minimum Gasteiger partial charge on any atom is -0.412 e. The molecule has 358 valence electrons. The largest absolute Gasteiger partial charge is 0.412 e. The van der Waals surface area contributed by atoms with Crippen molar-refractivity contribution in [1.29, 1.82) is 0 Å². The molecule has 0 saturated heterocycles. The van der Waals surface area contributed by atoms with Gasteiger partial charge in [-0.05, 0) is 135 Å². The van der Waals surface area contributed by atoms with Gasteiger partial charge in [0.05, 0.1) is 0 Å². The first kappa shape index (κ1) is 64.7. The third kappa shape index (κ3) is 21.3. The molecule has 2 aliphatic heterocycles. The Morgan fingerprint density at radius 1 is 0.406 bits per heavy atom. The first-order chi connectivity index (χ1) is 27.6. The Bertz CT molecular complexity index is 1750. The van der Waals surface area contributed by atoms with Crippen LogP contribution in [0.4, 0.5) is 0 Å². The highest BCUT2D eigenvalue weighted by Gasteiger charge is 2.18.